The summed E-state index contributed by atoms with van der Waals surface area (Å²) in [5.74, 6) is 0.766. The lowest BCUT2D eigenvalue weighted by atomic mass is 10.1. The highest BCUT2D eigenvalue weighted by Crippen LogP contribution is 2.40. The number of likely N-dealkylation sites (tertiary alicyclic amines) is 1. The summed E-state index contributed by atoms with van der Waals surface area (Å²) in [6.45, 7) is 5.50. The van der Waals surface area contributed by atoms with Crippen LogP contribution >= 0.6 is 0 Å². The van der Waals surface area contributed by atoms with Crippen LogP contribution in [-0.4, -0.2) is 62.7 Å². The fourth-order valence-corrected chi connectivity index (χ4v) is 6.13. The van der Waals surface area contributed by atoms with Crippen molar-refractivity contribution in [2.45, 2.75) is 32.0 Å². The van der Waals surface area contributed by atoms with Gasteiger partial charge in [-0.3, -0.25) is 9.59 Å². The van der Waals surface area contributed by atoms with Gasteiger partial charge in [0.05, 0.1) is 31.1 Å². The number of nitrogens with one attached hydrogen (secondary N) is 2. The number of carbonyl (C=O) groups is 2. The molecule has 0 saturated carbocycles. The van der Waals surface area contributed by atoms with Crippen LogP contribution in [0.2, 0.25) is 0 Å². The van der Waals surface area contributed by atoms with E-state index in [9.17, 15) is 9.59 Å². The van der Waals surface area contributed by atoms with Crippen molar-refractivity contribution in [1.82, 2.24) is 4.90 Å². The molecule has 4 aliphatic heterocycles. The first-order valence-electron chi connectivity index (χ1n) is 14.6. The molecule has 0 aromatic heterocycles. The molecule has 0 bridgehead atoms. The first-order chi connectivity index (χ1) is 20.1. The van der Waals surface area contributed by atoms with Crippen molar-refractivity contribution in [2.24, 2.45) is 0 Å². The summed E-state index contributed by atoms with van der Waals surface area (Å²) in [6, 6.07) is 20.0. The summed E-state index contributed by atoms with van der Waals surface area (Å²) in [6.07, 6.45) is 3.24. The van der Waals surface area contributed by atoms with Gasteiger partial charge in [0.25, 0.3) is 11.8 Å². The molecule has 4 aliphatic rings. The van der Waals surface area contributed by atoms with Gasteiger partial charge < -0.3 is 34.8 Å². The lowest BCUT2D eigenvalue weighted by Gasteiger charge is -2.29. The minimum atomic E-state index is -0.105. The first-order valence-corrected chi connectivity index (χ1v) is 14.6. The highest BCUT2D eigenvalue weighted by atomic mass is 16.5. The van der Waals surface area contributed by atoms with Crippen molar-refractivity contribution in [2.75, 3.05) is 66.4 Å². The number of morpholine rings is 1. The van der Waals surface area contributed by atoms with E-state index in [0.29, 0.717) is 12.3 Å². The Bertz CT molecular complexity index is 1450. The predicted octanol–water partition coefficient (Wildman–Crippen LogP) is 4.61. The fourth-order valence-electron chi connectivity index (χ4n) is 6.13. The predicted molar refractivity (Wildman–Crippen MR) is 159 cm³/mol. The second kappa shape index (κ2) is 11.0. The number of nitrogens with zero attached hydrogens (tertiary/aromatic N) is 3. The van der Waals surface area contributed by atoms with E-state index in [1.165, 1.54) is 6.42 Å². The molecule has 0 spiro atoms. The van der Waals surface area contributed by atoms with Crippen molar-refractivity contribution < 1.29 is 19.1 Å². The van der Waals surface area contributed by atoms with Gasteiger partial charge in [-0.05, 0) is 78.9 Å². The number of rotatable bonds is 6. The molecule has 41 heavy (non-hydrogen) atoms. The van der Waals surface area contributed by atoms with Gasteiger partial charge >= 0.3 is 0 Å². The van der Waals surface area contributed by atoms with Gasteiger partial charge in [-0.2, -0.15) is 0 Å². The number of anilines is 4. The van der Waals surface area contributed by atoms with E-state index in [2.05, 4.69) is 21.6 Å². The zero-order chi connectivity index (χ0) is 27.8. The van der Waals surface area contributed by atoms with E-state index in [0.717, 1.165) is 91.7 Å². The number of hydrogen-bond acceptors (Lipinski definition) is 7. The van der Waals surface area contributed by atoms with Crippen LogP contribution in [0.5, 0.6) is 5.75 Å². The van der Waals surface area contributed by atoms with Gasteiger partial charge in [-0.25, -0.2) is 0 Å². The van der Waals surface area contributed by atoms with Crippen LogP contribution in [-0.2, 0) is 16.1 Å². The first kappa shape index (κ1) is 25.7. The molecule has 0 aliphatic carbocycles. The second-order valence-corrected chi connectivity index (χ2v) is 11.1. The highest BCUT2D eigenvalue weighted by Gasteiger charge is 2.31. The van der Waals surface area contributed by atoms with Crippen molar-refractivity contribution in [3.8, 4) is 5.75 Å². The van der Waals surface area contributed by atoms with E-state index in [1.807, 2.05) is 64.4 Å². The lowest BCUT2D eigenvalue weighted by Crippen LogP contribution is -2.38. The van der Waals surface area contributed by atoms with Crippen molar-refractivity contribution >= 4 is 34.6 Å². The van der Waals surface area contributed by atoms with E-state index in [-0.39, 0.29) is 24.6 Å². The zero-order valence-corrected chi connectivity index (χ0v) is 23.1. The van der Waals surface area contributed by atoms with E-state index < -0.39 is 0 Å². The third kappa shape index (κ3) is 5.17. The molecule has 4 heterocycles. The van der Waals surface area contributed by atoms with Crippen LogP contribution in [0.1, 0.15) is 46.9 Å². The Hall–Kier alpha value is -4.24. The molecule has 2 N–H and O–H groups in total. The minimum Gasteiger partial charge on any atom is -0.484 e. The molecule has 2 saturated heterocycles. The molecule has 0 radical (unpaired) electrons. The average molecular weight is 554 g/mol. The fraction of sp³-hybridized carbons (Fsp3) is 0.375. The summed E-state index contributed by atoms with van der Waals surface area (Å²) in [5, 5.41) is 7.07. The van der Waals surface area contributed by atoms with E-state index in [4.69, 9.17) is 9.47 Å². The van der Waals surface area contributed by atoms with Crippen LogP contribution in [0.25, 0.3) is 0 Å². The number of piperidine rings is 1. The monoisotopic (exact) mass is 553 g/mol. The van der Waals surface area contributed by atoms with Crippen LogP contribution in [0.4, 0.5) is 22.7 Å². The maximum atomic E-state index is 13.3. The van der Waals surface area contributed by atoms with Crippen molar-refractivity contribution in [1.29, 1.82) is 0 Å². The lowest BCUT2D eigenvalue weighted by molar-refractivity contribution is -0.134. The third-order valence-corrected chi connectivity index (χ3v) is 8.47. The molecule has 212 valence electrons. The summed E-state index contributed by atoms with van der Waals surface area (Å²) >= 11 is 0. The molecule has 9 heteroatoms. The topological polar surface area (TPSA) is 86.4 Å². The van der Waals surface area contributed by atoms with Gasteiger partial charge in [0.15, 0.2) is 6.61 Å². The Kier molecular flexibility index (Phi) is 6.88. The Morgan fingerprint density at radius 1 is 0.854 bits per heavy atom. The molecular formula is C32H35N5O4. The van der Waals surface area contributed by atoms with Crippen molar-refractivity contribution in [3.63, 3.8) is 0 Å². The third-order valence-electron chi connectivity index (χ3n) is 8.47. The van der Waals surface area contributed by atoms with Crippen LogP contribution in [0.3, 0.4) is 0 Å². The summed E-state index contributed by atoms with van der Waals surface area (Å²) < 4.78 is 11.3. The summed E-state index contributed by atoms with van der Waals surface area (Å²) in [5.41, 5.74) is 6.85. The van der Waals surface area contributed by atoms with Crippen LogP contribution in [0.15, 0.2) is 60.7 Å². The highest BCUT2D eigenvalue weighted by molar-refractivity contribution is 6.10. The number of ether oxygens (including phenoxy) is 2. The number of amides is 2. The quantitative estimate of drug-likeness (QED) is 0.461. The Morgan fingerprint density at radius 3 is 2.41 bits per heavy atom. The maximum absolute atomic E-state index is 13.3. The molecule has 3 aromatic rings. The number of hydrogen-bond donors (Lipinski definition) is 2. The van der Waals surface area contributed by atoms with Gasteiger partial charge in [-0.1, -0.05) is 12.1 Å². The van der Waals surface area contributed by atoms with Gasteiger partial charge in [-0.15, -0.1) is 0 Å². The molecular weight excluding hydrogens is 518 g/mol. The maximum Gasteiger partial charge on any atom is 0.260 e. The largest absolute Gasteiger partial charge is 0.484 e. The molecule has 9 nitrogen and oxygen atoms in total. The Morgan fingerprint density at radius 2 is 1.61 bits per heavy atom. The minimum absolute atomic E-state index is 0.0327. The molecule has 3 aromatic carbocycles. The van der Waals surface area contributed by atoms with Gasteiger partial charge in [0.2, 0.25) is 0 Å². The number of benzene rings is 3. The molecule has 1 unspecified atom stereocenters. The van der Waals surface area contributed by atoms with Gasteiger partial charge in [0.1, 0.15) is 11.9 Å². The van der Waals surface area contributed by atoms with Crippen LogP contribution in [0, 0.1) is 0 Å². The number of carbonyl (C=O) groups excluding carboxylic acids is 2. The van der Waals surface area contributed by atoms with E-state index in [1.54, 1.807) is 0 Å². The normalized spacial score (nSPS) is 19.9. The van der Waals surface area contributed by atoms with E-state index >= 15 is 0 Å². The van der Waals surface area contributed by atoms with Crippen molar-refractivity contribution in [3.05, 3.63) is 77.4 Å². The smallest absolute Gasteiger partial charge is 0.260 e. The number of fused-ring (bicyclic) bond motifs is 2. The Labute approximate surface area is 240 Å². The zero-order valence-electron chi connectivity index (χ0n) is 23.1. The molecule has 2 amide bonds. The SMILES string of the molecule is O=C(COc1ccc(C2Nc3ccc(N4Cc5cc(N6CCOCC6)ccc5C4=O)cc3N2)cc1)N1CCCCC1. The van der Waals surface area contributed by atoms with Crippen LogP contribution < -0.4 is 25.2 Å². The Balaban J connectivity index is 0.987. The standard InChI is InChI=1S/C32H35N5O4/c38-30(36-12-2-1-3-13-36)21-41-26-8-4-22(5-9-26)31-33-28-11-7-25(19-29(28)34-31)37-20-23-18-24(6-10-27(23)32(37)39)35-14-16-40-17-15-35/h4-11,18-19,31,33-34H,1-3,12-17,20-21H2. The second-order valence-electron chi connectivity index (χ2n) is 11.1. The molecule has 1 atom stereocenters. The molecule has 7 rings (SSSR count). The van der Waals surface area contributed by atoms with Gasteiger partial charge in [0, 0.05) is 43.1 Å². The molecule has 2 fully saturated rings. The average Bonchev–Trinajstić information content (AvgIpc) is 3.61. The summed E-state index contributed by atoms with van der Waals surface area (Å²) in [7, 11) is 0. The summed E-state index contributed by atoms with van der Waals surface area (Å²) in [4.78, 5) is 31.8.